The van der Waals surface area contributed by atoms with Crippen LogP contribution in [0.1, 0.15) is 23.6 Å². The molecule has 180 valence electrons. The van der Waals surface area contributed by atoms with Crippen molar-refractivity contribution in [3.63, 3.8) is 0 Å². The fourth-order valence-electron chi connectivity index (χ4n) is 3.37. The summed E-state index contributed by atoms with van der Waals surface area (Å²) < 4.78 is 34.4. The number of sulfonamides is 1. The fourth-order valence-corrected chi connectivity index (χ4v) is 5.13. The highest BCUT2D eigenvalue weighted by Gasteiger charge is 2.26. The fraction of sp³-hybridized carbons (Fsp3) is 0.240. The van der Waals surface area contributed by atoms with Crippen molar-refractivity contribution in [2.75, 3.05) is 6.61 Å². The molecule has 0 saturated carbocycles. The van der Waals surface area contributed by atoms with Gasteiger partial charge in [-0.3, -0.25) is 4.79 Å². The van der Waals surface area contributed by atoms with Crippen molar-refractivity contribution in [3.8, 4) is 5.75 Å². The Hall–Kier alpha value is -2.58. The number of aryl methyl sites for hydroxylation is 1. The molecule has 0 aliphatic carbocycles. The average molecular weight is 521 g/mol. The monoisotopic (exact) mass is 520 g/mol. The molecule has 0 radical (unpaired) electrons. The lowest BCUT2D eigenvalue weighted by Crippen LogP contribution is -2.47. The van der Waals surface area contributed by atoms with Crippen molar-refractivity contribution in [2.45, 2.75) is 37.8 Å². The Labute approximate surface area is 210 Å². The van der Waals surface area contributed by atoms with Crippen molar-refractivity contribution in [1.82, 2.24) is 10.0 Å². The van der Waals surface area contributed by atoms with Crippen LogP contribution in [0.5, 0.6) is 5.75 Å². The van der Waals surface area contributed by atoms with Crippen LogP contribution in [0.2, 0.25) is 10.0 Å². The minimum atomic E-state index is -3.99. The van der Waals surface area contributed by atoms with Crippen molar-refractivity contribution >= 4 is 39.1 Å². The Morgan fingerprint density at radius 3 is 2.41 bits per heavy atom. The Morgan fingerprint density at radius 1 is 1.03 bits per heavy atom. The molecule has 0 unspecified atom stereocenters. The third kappa shape index (κ3) is 6.96. The summed E-state index contributed by atoms with van der Waals surface area (Å²) in [5.41, 5.74) is 2.17. The maximum Gasteiger partial charge on any atom is 0.241 e. The Morgan fingerprint density at radius 2 is 1.76 bits per heavy atom. The van der Waals surface area contributed by atoms with E-state index < -0.39 is 22.0 Å². The van der Waals surface area contributed by atoms with Gasteiger partial charge < -0.3 is 10.1 Å². The SMILES string of the molecule is CCOc1ccc(S(=O)(=O)N[C@@H](Cc2ccccc2)C(=O)NCc2ccc(Cl)cc2Cl)cc1C. The molecule has 0 spiro atoms. The summed E-state index contributed by atoms with van der Waals surface area (Å²) in [5.74, 6) is 0.140. The lowest BCUT2D eigenvalue weighted by molar-refractivity contribution is -0.122. The molecule has 0 fully saturated rings. The van der Waals surface area contributed by atoms with Gasteiger partial charge in [-0.05, 0) is 67.3 Å². The first kappa shape index (κ1) is 26.0. The van der Waals surface area contributed by atoms with Crippen molar-refractivity contribution in [3.05, 3.63) is 93.5 Å². The number of hydrogen-bond acceptors (Lipinski definition) is 4. The third-order valence-electron chi connectivity index (χ3n) is 5.12. The molecule has 9 heteroatoms. The molecule has 3 rings (SSSR count). The second kappa shape index (κ2) is 11.7. The Kier molecular flexibility index (Phi) is 8.97. The Balaban J connectivity index is 1.82. The van der Waals surface area contributed by atoms with E-state index in [0.717, 1.165) is 5.56 Å². The third-order valence-corrected chi connectivity index (χ3v) is 7.18. The first-order valence-electron chi connectivity index (χ1n) is 10.7. The molecule has 1 atom stereocenters. The van der Waals surface area contributed by atoms with Gasteiger partial charge >= 0.3 is 0 Å². The second-order valence-electron chi connectivity index (χ2n) is 7.68. The summed E-state index contributed by atoms with van der Waals surface area (Å²) in [7, 11) is -3.99. The van der Waals surface area contributed by atoms with Crippen LogP contribution in [-0.4, -0.2) is 27.0 Å². The molecular weight excluding hydrogens is 495 g/mol. The summed E-state index contributed by atoms with van der Waals surface area (Å²) in [6.45, 7) is 4.23. The largest absolute Gasteiger partial charge is 0.494 e. The lowest BCUT2D eigenvalue weighted by Gasteiger charge is -2.19. The number of halogens is 2. The van der Waals surface area contributed by atoms with E-state index in [4.69, 9.17) is 27.9 Å². The van der Waals surface area contributed by atoms with E-state index in [2.05, 4.69) is 10.0 Å². The molecular formula is C25H26Cl2N2O4S. The van der Waals surface area contributed by atoms with Crippen molar-refractivity contribution in [1.29, 1.82) is 0 Å². The van der Waals surface area contributed by atoms with E-state index in [1.54, 1.807) is 31.2 Å². The van der Waals surface area contributed by atoms with Gasteiger partial charge in [-0.25, -0.2) is 8.42 Å². The summed E-state index contributed by atoms with van der Waals surface area (Å²) in [6.07, 6.45) is 0.177. The van der Waals surface area contributed by atoms with Crippen LogP contribution in [0.4, 0.5) is 0 Å². The van der Waals surface area contributed by atoms with Gasteiger partial charge in [0.25, 0.3) is 0 Å². The molecule has 34 heavy (non-hydrogen) atoms. The zero-order valence-electron chi connectivity index (χ0n) is 18.8. The number of nitrogens with one attached hydrogen (secondary N) is 2. The summed E-state index contributed by atoms with van der Waals surface area (Å²) in [5, 5.41) is 3.68. The number of carbonyl (C=O) groups excluding carboxylic acids is 1. The second-order valence-corrected chi connectivity index (χ2v) is 10.2. The van der Waals surface area contributed by atoms with Gasteiger partial charge in [-0.15, -0.1) is 0 Å². The number of amides is 1. The van der Waals surface area contributed by atoms with Gasteiger partial charge in [-0.1, -0.05) is 59.6 Å². The predicted molar refractivity (Wildman–Crippen MR) is 135 cm³/mol. The zero-order valence-corrected chi connectivity index (χ0v) is 21.2. The molecule has 0 aliphatic rings. The van der Waals surface area contributed by atoms with Gasteiger partial charge in [0.1, 0.15) is 11.8 Å². The van der Waals surface area contributed by atoms with Gasteiger partial charge in [0.15, 0.2) is 0 Å². The summed E-state index contributed by atoms with van der Waals surface area (Å²) in [4.78, 5) is 13.1. The van der Waals surface area contributed by atoms with Crippen LogP contribution in [0, 0.1) is 6.92 Å². The van der Waals surface area contributed by atoms with Crippen molar-refractivity contribution in [2.24, 2.45) is 0 Å². The van der Waals surface area contributed by atoms with Gasteiger partial charge in [0.2, 0.25) is 15.9 Å². The smallest absolute Gasteiger partial charge is 0.241 e. The number of benzene rings is 3. The van der Waals surface area contributed by atoms with Crippen LogP contribution < -0.4 is 14.8 Å². The van der Waals surface area contributed by atoms with Crippen molar-refractivity contribution < 1.29 is 17.9 Å². The first-order chi connectivity index (χ1) is 16.2. The number of hydrogen-bond donors (Lipinski definition) is 2. The predicted octanol–water partition coefficient (Wildman–Crippen LogP) is 4.91. The van der Waals surface area contributed by atoms with Gasteiger partial charge in [-0.2, -0.15) is 4.72 Å². The number of carbonyl (C=O) groups is 1. The van der Waals surface area contributed by atoms with E-state index in [9.17, 15) is 13.2 Å². The highest BCUT2D eigenvalue weighted by molar-refractivity contribution is 7.89. The number of ether oxygens (including phenoxy) is 1. The molecule has 3 aromatic carbocycles. The molecule has 0 saturated heterocycles. The van der Waals surface area contributed by atoms with Gasteiger partial charge in [0.05, 0.1) is 11.5 Å². The van der Waals surface area contributed by atoms with E-state index in [-0.39, 0.29) is 17.9 Å². The first-order valence-corrected chi connectivity index (χ1v) is 12.9. The highest BCUT2D eigenvalue weighted by Crippen LogP contribution is 2.23. The number of rotatable bonds is 10. The van der Waals surface area contributed by atoms with E-state index in [1.807, 2.05) is 37.3 Å². The minimum absolute atomic E-state index is 0.0556. The minimum Gasteiger partial charge on any atom is -0.494 e. The molecule has 0 heterocycles. The van der Waals surface area contributed by atoms with Crippen LogP contribution in [0.3, 0.4) is 0 Å². The standard InChI is InChI=1S/C25H26Cl2N2O4S/c1-3-33-24-12-11-21(13-17(24)2)34(31,32)29-23(14-18-7-5-4-6-8-18)25(30)28-16-19-9-10-20(26)15-22(19)27/h4-13,15,23,29H,3,14,16H2,1-2H3,(H,28,30)/t23-/m0/s1. The normalized spacial score (nSPS) is 12.2. The maximum atomic E-state index is 13.2. The zero-order chi connectivity index (χ0) is 24.7. The lowest BCUT2D eigenvalue weighted by atomic mass is 10.1. The van der Waals surface area contributed by atoms with Gasteiger partial charge in [0, 0.05) is 16.6 Å². The van der Waals surface area contributed by atoms with Crippen LogP contribution in [0.25, 0.3) is 0 Å². The molecule has 1 amide bonds. The van der Waals surface area contributed by atoms with Crippen LogP contribution in [0.15, 0.2) is 71.6 Å². The average Bonchev–Trinajstić information content (AvgIpc) is 2.80. The molecule has 0 aliphatic heterocycles. The quantitative estimate of drug-likeness (QED) is 0.397. The van der Waals surface area contributed by atoms with Crippen LogP contribution >= 0.6 is 23.2 Å². The van der Waals surface area contributed by atoms with E-state index >= 15 is 0 Å². The van der Waals surface area contributed by atoms with E-state index in [0.29, 0.717) is 33.5 Å². The Bertz CT molecular complexity index is 1250. The highest BCUT2D eigenvalue weighted by atomic mass is 35.5. The van der Waals surface area contributed by atoms with E-state index in [1.165, 1.54) is 12.1 Å². The molecule has 3 aromatic rings. The molecule has 6 nitrogen and oxygen atoms in total. The topological polar surface area (TPSA) is 84.5 Å². The molecule has 2 N–H and O–H groups in total. The summed E-state index contributed by atoms with van der Waals surface area (Å²) in [6, 6.07) is 17.7. The van der Waals surface area contributed by atoms with Crippen LogP contribution in [-0.2, 0) is 27.8 Å². The maximum absolute atomic E-state index is 13.2. The molecule has 0 aromatic heterocycles. The molecule has 0 bridgehead atoms. The summed E-state index contributed by atoms with van der Waals surface area (Å²) >= 11 is 12.1.